The van der Waals surface area contributed by atoms with Crippen molar-refractivity contribution in [1.29, 1.82) is 0 Å². The molecular formula is C30H42N6O3. The molecule has 1 atom stereocenters. The SMILES string of the molecule is CNC/C(C=O)=C(C)/C=C(/C)NC.Cc1c(C=O)cc2cc(-c3ccn(C)n3)cn2c1C(C)N1CCOCC1. The van der Waals surface area contributed by atoms with Gasteiger partial charge in [0.2, 0.25) is 0 Å². The number of aldehydes is 2. The number of pyridine rings is 1. The molecule has 1 unspecified atom stereocenters. The maximum absolute atomic E-state index is 11.6. The zero-order valence-corrected chi connectivity index (χ0v) is 24.2. The number of morpholine rings is 1. The summed E-state index contributed by atoms with van der Waals surface area (Å²) in [7, 11) is 5.60. The Morgan fingerprint density at radius 3 is 2.46 bits per heavy atom. The van der Waals surface area contributed by atoms with Crippen molar-refractivity contribution in [3.8, 4) is 11.3 Å². The normalized spacial score (nSPS) is 15.8. The molecule has 0 aliphatic carbocycles. The smallest absolute Gasteiger partial charge is 0.150 e. The summed E-state index contributed by atoms with van der Waals surface area (Å²) in [6.45, 7) is 12.1. The third-order valence-corrected chi connectivity index (χ3v) is 7.20. The second kappa shape index (κ2) is 14.0. The van der Waals surface area contributed by atoms with Crippen LogP contribution in [-0.4, -0.2) is 78.6 Å². The molecule has 3 aromatic heterocycles. The van der Waals surface area contributed by atoms with Gasteiger partial charge >= 0.3 is 0 Å². The van der Waals surface area contributed by atoms with Gasteiger partial charge in [-0.2, -0.15) is 5.10 Å². The van der Waals surface area contributed by atoms with Crippen molar-refractivity contribution in [1.82, 2.24) is 29.7 Å². The third-order valence-electron chi connectivity index (χ3n) is 7.20. The monoisotopic (exact) mass is 534 g/mol. The van der Waals surface area contributed by atoms with E-state index in [1.807, 2.05) is 66.3 Å². The van der Waals surface area contributed by atoms with Crippen LogP contribution in [-0.2, 0) is 16.6 Å². The average Bonchev–Trinajstić information content (AvgIpc) is 3.57. The molecule has 1 fully saturated rings. The lowest BCUT2D eigenvalue weighted by atomic mass is 10.0. The van der Waals surface area contributed by atoms with Gasteiger partial charge in [-0.05, 0) is 70.2 Å². The molecule has 1 aliphatic heterocycles. The van der Waals surface area contributed by atoms with Crippen LogP contribution in [0.2, 0.25) is 0 Å². The Balaban J connectivity index is 0.000000276. The Morgan fingerprint density at radius 2 is 1.90 bits per heavy atom. The number of hydrogen-bond acceptors (Lipinski definition) is 7. The van der Waals surface area contributed by atoms with E-state index in [1.54, 1.807) is 4.68 Å². The Morgan fingerprint density at radius 1 is 1.18 bits per heavy atom. The zero-order chi connectivity index (χ0) is 28.5. The molecule has 3 aromatic rings. The fourth-order valence-corrected chi connectivity index (χ4v) is 4.83. The molecular weight excluding hydrogens is 492 g/mol. The fourth-order valence-electron chi connectivity index (χ4n) is 4.83. The van der Waals surface area contributed by atoms with E-state index in [2.05, 4.69) is 44.2 Å². The Bertz CT molecular complexity index is 1340. The first-order chi connectivity index (χ1) is 18.7. The molecule has 0 radical (unpaired) electrons. The number of likely N-dealkylation sites (N-methyl/N-ethyl adjacent to an activating group) is 1. The molecule has 9 heteroatoms. The number of carbonyl (C=O) groups excluding carboxylic acids is 2. The van der Waals surface area contributed by atoms with Crippen molar-refractivity contribution >= 4 is 18.1 Å². The van der Waals surface area contributed by atoms with Crippen molar-refractivity contribution in [2.24, 2.45) is 7.05 Å². The summed E-state index contributed by atoms with van der Waals surface area (Å²) in [6, 6.07) is 6.27. The zero-order valence-electron chi connectivity index (χ0n) is 24.2. The summed E-state index contributed by atoms with van der Waals surface area (Å²) in [4.78, 5) is 24.7. The minimum atomic E-state index is 0.199. The number of nitrogens with zero attached hydrogens (tertiary/aromatic N) is 4. The van der Waals surface area contributed by atoms with Crippen LogP contribution in [0.1, 0.15) is 48.4 Å². The molecule has 9 nitrogen and oxygen atoms in total. The number of hydrogen-bond donors (Lipinski definition) is 2. The molecule has 4 heterocycles. The summed E-state index contributed by atoms with van der Waals surface area (Å²) >= 11 is 0. The third kappa shape index (κ3) is 7.32. The average molecular weight is 535 g/mol. The molecule has 0 bridgehead atoms. The van der Waals surface area contributed by atoms with Crippen LogP contribution in [0.15, 0.2) is 53.5 Å². The molecule has 0 spiro atoms. The molecule has 2 N–H and O–H groups in total. The van der Waals surface area contributed by atoms with Gasteiger partial charge in [-0.25, -0.2) is 0 Å². The summed E-state index contributed by atoms with van der Waals surface area (Å²) < 4.78 is 9.51. The minimum Gasteiger partial charge on any atom is -0.392 e. The Kier molecular flexibility index (Phi) is 10.8. The number of fused-ring (bicyclic) bond motifs is 1. The highest BCUT2D eigenvalue weighted by molar-refractivity contribution is 5.82. The van der Waals surface area contributed by atoms with Gasteiger partial charge in [0.15, 0.2) is 0 Å². The van der Waals surface area contributed by atoms with Gasteiger partial charge in [0.05, 0.1) is 18.9 Å². The van der Waals surface area contributed by atoms with Gasteiger partial charge in [0, 0.05) is 85.8 Å². The van der Waals surface area contributed by atoms with Crippen molar-refractivity contribution in [2.75, 3.05) is 46.9 Å². The highest BCUT2D eigenvalue weighted by atomic mass is 16.5. The van der Waals surface area contributed by atoms with Gasteiger partial charge in [0.1, 0.15) is 12.6 Å². The van der Waals surface area contributed by atoms with Gasteiger partial charge in [-0.3, -0.25) is 19.2 Å². The second-order valence-electron chi connectivity index (χ2n) is 9.88. The van der Waals surface area contributed by atoms with Crippen molar-refractivity contribution in [3.63, 3.8) is 0 Å². The first kappa shape index (κ1) is 30.0. The largest absolute Gasteiger partial charge is 0.392 e. The van der Waals surface area contributed by atoms with E-state index in [1.165, 1.54) is 0 Å². The summed E-state index contributed by atoms with van der Waals surface area (Å²) in [5.74, 6) is 0. The molecule has 0 saturated carbocycles. The van der Waals surface area contributed by atoms with E-state index in [0.717, 1.165) is 89.3 Å². The van der Waals surface area contributed by atoms with E-state index in [4.69, 9.17) is 4.74 Å². The van der Waals surface area contributed by atoms with E-state index in [-0.39, 0.29) is 6.04 Å². The van der Waals surface area contributed by atoms with Gasteiger partial charge < -0.3 is 19.8 Å². The molecule has 0 aromatic carbocycles. The molecule has 39 heavy (non-hydrogen) atoms. The van der Waals surface area contributed by atoms with Crippen LogP contribution < -0.4 is 10.6 Å². The van der Waals surface area contributed by atoms with Crippen molar-refractivity contribution in [2.45, 2.75) is 33.7 Å². The van der Waals surface area contributed by atoms with Gasteiger partial charge in [-0.1, -0.05) is 0 Å². The van der Waals surface area contributed by atoms with Crippen LogP contribution in [0, 0.1) is 6.92 Å². The number of rotatable bonds is 9. The fraction of sp³-hybridized carbons (Fsp3) is 0.433. The Labute approximate surface area is 231 Å². The number of allylic oxidation sites excluding steroid dienone is 3. The quantitative estimate of drug-likeness (QED) is 0.246. The highest BCUT2D eigenvalue weighted by Crippen LogP contribution is 2.31. The lowest BCUT2D eigenvalue weighted by Crippen LogP contribution is -2.38. The number of ether oxygens (including phenoxy) is 1. The van der Waals surface area contributed by atoms with E-state index >= 15 is 0 Å². The van der Waals surface area contributed by atoms with Crippen LogP contribution in [0.4, 0.5) is 0 Å². The topological polar surface area (TPSA) is 92.9 Å². The lowest BCUT2D eigenvalue weighted by Gasteiger charge is -2.33. The number of aryl methyl sites for hydroxylation is 1. The first-order valence-corrected chi connectivity index (χ1v) is 13.3. The maximum Gasteiger partial charge on any atom is 0.150 e. The van der Waals surface area contributed by atoms with E-state index in [0.29, 0.717) is 6.54 Å². The van der Waals surface area contributed by atoms with Gasteiger partial charge in [0.25, 0.3) is 0 Å². The number of aromatic nitrogens is 3. The molecule has 210 valence electrons. The lowest BCUT2D eigenvalue weighted by molar-refractivity contribution is -0.105. The summed E-state index contributed by atoms with van der Waals surface area (Å²) in [5.41, 5.74) is 8.80. The Hall–Kier alpha value is -3.53. The number of nitrogens with one attached hydrogen (secondary N) is 2. The van der Waals surface area contributed by atoms with Crippen LogP contribution >= 0.6 is 0 Å². The second-order valence-corrected chi connectivity index (χ2v) is 9.88. The summed E-state index contributed by atoms with van der Waals surface area (Å²) in [5, 5.41) is 10.5. The highest BCUT2D eigenvalue weighted by Gasteiger charge is 2.24. The van der Waals surface area contributed by atoms with Crippen LogP contribution in [0.25, 0.3) is 16.8 Å². The van der Waals surface area contributed by atoms with Crippen molar-refractivity contribution in [3.05, 3.63) is 70.3 Å². The summed E-state index contributed by atoms with van der Waals surface area (Å²) in [6.07, 6.45) is 7.88. The predicted molar refractivity (Wildman–Crippen MR) is 156 cm³/mol. The number of carbonyl (C=O) groups is 2. The van der Waals surface area contributed by atoms with E-state index in [9.17, 15) is 9.59 Å². The van der Waals surface area contributed by atoms with Gasteiger partial charge in [-0.15, -0.1) is 0 Å². The molecule has 4 rings (SSSR count). The standard InChI is InChI=1S/C20H24N4O2.C10H18N2O/c1-14-17(13-25)11-18-10-16(19-4-5-22(3)21-19)12-24(18)20(14)15(2)23-6-8-26-9-7-23;1-8(5-9(2)12-4)10(7-13)6-11-3/h4-5,10-13,15H,6-9H2,1-3H3;5,7,11-12H,6H2,1-4H3/b;9-5-,10-8-. The minimum absolute atomic E-state index is 0.199. The molecule has 1 aliphatic rings. The molecule has 1 saturated heterocycles. The molecule has 0 amide bonds. The first-order valence-electron chi connectivity index (χ1n) is 13.3. The van der Waals surface area contributed by atoms with Crippen molar-refractivity contribution < 1.29 is 14.3 Å². The predicted octanol–water partition coefficient (Wildman–Crippen LogP) is 3.70. The van der Waals surface area contributed by atoms with Crippen LogP contribution in [0.5, 0.6) is 0 Å². The van der Waals surface area contributed by atoms with E-state index < -0.39 is 0 Å². The van der Waals surface area contributed by atoms with Crippen LogP contribution in [0.3, 0.4) is 0 Å². The maximum atomic E-state index is 11.6.